The highest BCUT2D eigenvalue weighted by Gasteiger charge is 2.29. The van der Waals surface area contributed by atoms with E-state index >= 15 is 0 Å². The van der Waals surface area contributed by atoms with E-state index in [9.17, 15) is 9.59 Å². The van der Waals surface area contributed by atoms with Crippen LogP contribution in [0.15, 0.2) is 22.7 Å². The average molecular weight is 341 g/mol. The molecular weight excluding hydrogens is 324 g/mol. The summed E-state index contributed by atoms with van der Waals surface area (Å²) in [7, 11) is 0. The number of halogens is 1. The van der Waals surface area contributed by atoms with Crippen LogP contribution in [-0.2, 0) is 9.59 Å². The van der Waals surface area contributed by atoms with E-state index in [0.29, 0.717) is 18.8 Å². The maximum Gasteiger partial charge on any atom is 0.313 e. The van der Waals surface area contributed by atoms with E-state index in [-0.39, 0.29) is 12.5 Å². The van der Waals surface area contributed by atoms with Gasteiger partial charge in [0.1, 0.15) is 0 Å². The van der Waals surface area contributed by atoms with Gasteiger partial charge in [-0.25, -0.2) is 0 Å². The lowest BCUT2D eigenvalue weighted by molar-refractivity contribution is -0.142. The van der Waals surface area contributed by atoms with Crippen molar-refractivity contribution in [2.45, 2.75) is 13.3 Å². The van der Waals surface area contributed by atoms with E-state index in [2.05, 4.69) is 21.2 Å². The van der Waals surface area contributed by atoms with Crippen molar-refractivity contribution in [3.8, 4) is 0 Å². The third kappa shape index (κ3) is 3.37. The zero-order chi connectivity index (χ0) is 14.7. The van der Waals surface area contributed by atoms with Gasteiger partial charge in [0.25, 0.3) is 0 Å². The van der Waals surface area contributed by atoms with E-state index in [1.54, 1.807) is 6.07 Å². The summed E-state index contributed by atoms with van der Waals surface area (Å²) in [5, 5.41) is 11.7. The Hall–Kier alpha value is -1.40. The third-order valence-corrected chi connectivity index (χ3v) is 3.97. The molecule has 1 fully saturated rings. The van der Waals surface area contributed by atoms with Gasteiger partial charge in [-0.05, 0) is 31.0 Å². The highest BCUT2D eigenvalue weighted by atomic mass is 79.9. The van der Waals surface area contributed by atoms with Crippen LogP contribution in [0.2, 0.25) is 0 Å². The molecule has 0 spiro atoms. The van der Waals surface area contributed by atoms with Gasteiger partial charge in [-0.2, -0.15) is 0 Å². The van der Waals surface area contributed by atoms with Crippen LogP contribution in [0.5, 0.6) is 0 Å². The number of likely N-dealkylation sites (tertiary alicyclic amines) is 1. The smallest absolute Gasteiger partial charge is 0.313 e. The van der Waals surface area contributed by atoms with E-state index in [1.165, 1.54) is 4.90 Å². The molecular formula is C14H17BrN2O3. The summed E-state index contributed by atoms with van der Waals surface area (Å²) in [6.45, 7) is 2.88. The number of hydrogen-bond donors (Lipinski definition) is 2. The molecule has 1 heterocycles. The Morgan fingerprint density at radius 2 is 2.25 bits per heavy atom. The van der Waals surface area contributed by atoms with Gasteiger partial charge in [-0.1, -0.05) is 22.0 Å². The molecule has 2 rings (SSSR count). The number of benzene rings is 1. The number of carbonyl (C=O) groups excluding carboxylic acids is 2. The number of nitrogens with one attached hydrogen (secondary N) is 1. The standard InChI is InChI=1S/C14H17BrN2O3/c1-9-2-3-11(15)6-12(9)16-13(19)14(20)17-5-4-10(7-17)8-18/h2-3,6,10,18H,4-5,7-8H2,1H3,(H,16,19). The summed E-state index contributed by atoms with van der Waals surface area (Å²) in [4.78, 5) is 25.5. The number of aliphatic hydroxyl groups excluding tert-OH is 1. The Balaban J connectivity index is 2.01. The van der Waals surface area contributed by atoms with E-state index in [4.69, 9.17) is 5.11 Å². The summed E-state index contributed by atoms with van der Waals surface area (Å²) < 4.78 is 0.840. The maximum atomic E-state index is 12.0. The molecule has 0 aliphatic carbocycles. The molecule has 2 N–H and O–H groups in total. The lowest BCUT2D eigenvalue weighted by Crippen LogP contribution is -2.38. The Kier molecular flexibility index (Phi) is 4.77. The number of carbonyl (C=O) groups is 2. The Labute approximate surface area is 126 Å². The second-order valence-corrected chi connectivity index (χ2v) is 5.92. The first-order chi connectivity index (χ1) is 9.51. The number of nitrogens with zero attached hydrogens (tertiary/aromatic N) is 1. The minimum Gasteiger partial charge on any atom is -0.396 e. The van der Waals surface area contributed by atoms with Gasteiger partial charge < -0.3 is 15.3 Å². The molecule has 1 aliphatic heterocycles. The molecule has 0 aromatic heterocycles. The fraction of sp³-hybridized carbons (Fsp3) is 0.429. The number of anilines is 1. The fourth-order valence-corrected chi connectivity index (χ4v) is 2.58. The van der Waals surface area contributed by atoms with Crippen LogP contribution in [0.4, 0.5) is 5.69 Å². The molecule has 6 heteroatoms. The molecule has 108 valence electrons. The van der Waals surface area contributed by atoms with Gasteiger partial charge in [0, 0.05) is 35.8 Å². The van der Waals surface area contributed by atoms with Crippen LogP contribution < -0.4 is 5.32 Å². The predicted octanol–water partition coefficient (Wildman–Crippen LogP) is 1.54. The van der Waals surface area contributed by atoms with Crippen molar-refractivity contribution in [2.75, 3.05) is 25.0 Å². The molecule has 1 aromatic rings. The quantitative estimate of drug-likeness (QED) is 0.802. The fourth-order valence-electron chi connectivity index (χ4n) is 2.21. The molecule has 1 unspecified atom stereocenters. The van der Waals surface area contributed by atoms with Crippen LogP contribution in [0.3, 0.4) is 0 Å². The van der Waals surface area contributed by atoms with Gasteiger partial charge in [-0.3, -0.25) is 9.59 Å². The normalized spacial score (nSPS) is 18.1. The van der Waals surface area contributed by atoms with Crippen LogP contribution in [0.25, 0.3) is 0 Å². The summed E-state index contributed by atoms with van der Waals surface area (Å²) in [5.41, 5.74) is 1.51. The Bertz CT molecular complexity index is 533. The van der Waals surface area contributed by atoms with Gasteiger partial charge in [-0.15, -0.1) is 0 Å². The molecule has 1 saturated heterocycles. The van der Waals surface area contributed by atoms with E-state index in [0.717, 1.165) is 16.5 Å². The zero-order valence-corrected chi connectivity index (χ0v) is 12.8. The number of aryl methyl sites for hydroxylation is 1. The first-order valence-electron chi connectivity index (χ1n) is 6.48. The van der Waals surface area contributed by atoms with E-state index < -0.39 is 11.8 Å². The largest absolute Gasteiger partial charge is 0.396 e. The average Bonchev–Trinajstić information content (AvgIpc) is 2.90. The Morgan fingerprint density at radius 1 is 1.50 bits per heavy atom. The number of hydrogen-bond acceptors (Lipinski definition) is 3. The minimum atomic E-state index is -0.634. The van der Waals surface area contributed by atoms with Crippen molar-refractivity contribution in [1.82, 2.24) is 4.90 Å². The topological polar surface area (TPSA) is 69.6 Å². The van der Waals surface area contributed by atoms with Crippen molar-refractivity contribution in [3.05, 3.63) is 28.2 Å². The minimum absolute atomic E-state index is 0.0517. The number of rotatable bonds is 2. The molecule has 0 radical (unpaired) electrons. The second kappa shape index (κ2) is 6.37. The number of aliphatic hydroxyl groups is 1. The highest BCUT2D eigenvalue weighted by molar-refractivity contribution is 9.10. The highest BCUT2D eigenvalue weighted by Crippen LogP contribution is 2.21. The molecule has 20 heavy (non-hydrogen) atoms. The SMILES string of the molecule is Cc1ccc(Br)cc1NC(=O)C(=O)N1CCC(CO)C1. The molecule has 1 aliphatic rings. The van der Waals surface area contributed by atoms with Gasteiger partial charge in [0.2, 0.25) is 0 Å². The predicted molar refractivity (Wildman–Crippen MR) is 79.3 cm³/mol. The Morgan fingerprint density at radius 3 is 2.90 bits per heavy atom. The van der Waals surface area contributed by atoms with Crippen LogP contribution >= 0.6 is 15.9 Å². The van der Waals surface area contributed by atoms with Gasteiger partial charge in [0.05, 0.1) is 0 Å². The maximum absolute atomic E-state index is 12.0. The lowest BCUT2D eigenvalue weighted by Gasteiger charge is -2.16. The van der Waals surface area contributed by atoms with Crippen LogP contribution in [0.1, 0.15) is 12.0 Å². The van der Waals surface area contributed by atoms with Crippen molar-refractivity contribution in [1.29, 1.82) is 0 Å². The van der Waals surface area contributed by atoms with E-state index in [1.807, 2.05) is 19.1 Å². The first-order valence-corrected chi connectivity index (χ1v) is 7.28. The third-order valence-electron chi connectivity index (χ3n) is 3.47. The molecule has 2 amide bonds. The lowest BCUT2D eigenvalue weighted by atomic mass is 10.1. The van der Waals surface area contributed by atoms with Gasteiger partial charge in [0.15, 0.2) is 0 Å². The van der Waals surface area contributed by atoms with Crippen molar-refractivity contribution in [3.63, 3.8) is 0 Å². The summed E-state index contributed by atoms with van der Waals surface area (Å²) >= 11 is 3.33. The molecule has 0 saturated carbocycles. The second-order valence-electron chi connectivity index (χ2n) is 5.00. The van der Waals surface area contributed by atoms with Crippen LogP contribution in [0, 0.1) is 12.8 Å². The molecule has 1 aromatic carbocycles. The first kappa shape index (κ1) is 15.0. The monoisotopic (exact) mass is 340 g/mol. The summed E-state index contributed by atoms with van der Waals surface area (Å²) in [6.07, 6.45) is 0.742. The number of amides is 2. The molecule has 1 atom stereocenters. The van der Waals surface area contributed by atoms with Crippen molar-refractivity contribution in [2.24, 2.45) is 5.92 Å². The molecule has 5 nitrogen and oxygen atoms in total. The summed E-state index contributed by atoms with van der Waals surface area (Å²) in [5.74, 6) is -1.09. The summed E-state index contributed by atoms with van der Waals surface area (Å²) in [6, 6.07) is 5.50. The van der Waals surface area contributed by atoms with Crippen molar-refractivity contribution < 1.29 is 14.7 Å². The zero-order valence-electron chi connectivity index (χ0n) is 11.2. The van der Waals surface area contributed by atoms with Crippen molar-refractivity contribution >= 4 is 33.4 Å². The van der Waals surface area contributed by atoms with Crippen LogP contribution in [-0.4, -0.2) is 41.5 Å². The molecule has 0 bridgehead atoms. The van der Waals surface area contributed by atoms with Gasteiger partial charge >= 0.3 is 11.8 Å².